The summed E-state index contributed by atoms with van der Waals surface area (Å²) in [5.74, 6) is -0.654. The summed E-state index contributed by atoms with van der Waals surface area (Å²) in [4.78, 5) is 0. The molecule has 0 aromatic rings. The molecule has 12 heteroatoms. The number of methoxy groups -OCH3 is 1. The summed E-state index contributed by atoms with van der Waals surface area (Å²) in [5.41, 5.74) is 2.20. The van der Waals surface area contributed by atoms with Gasteiger partial charge in [0.2, 0.25) is 0 Å². The van der Waals surface area contributed by atoms with E-state index in [2.05, 4.69) is 20.1 Å². The number of aliphatic hydroxyl groups excluding tert-OH is 3. The Balaban J connectivity index is 0.992. The Morgan fingerprint density at radius 1 is 0.769 bits per heavy atom. The van der Waals surface area contributed by atoms with E-state index in [-0.39, 0.29) is 110 Å². The van der Waals surface area contributed by atoms with Gasteiger partial charge in [0.05, 0.1) is 79.9 Å². The van der Waals surface area contributed by atoms with Crippen LogP contribution in [-0.2, 0) is 42.6 Å². The highest BCUT2D eigenvalue weighted by atomic mass is 16.8. The average Bonchev–Trinajstić information content (AvgIpc) is 3.79. The van der Waals surface area contributed by atoms with E-state index >= 15 is 0 Å². The standard InChI is InChI=1S/C40H60O12/c1-19-11-24-5-7-28-20(2)12-26(45-28)9-10-40-17-33-36(51-40)37-38(50-33)39(52-40)35-29(49-37)8-6-25(47-35)13-22(42)14-27-31(16-30(46-24)21(19)3)48-32(34(27)44-4)15-23(43)18-41/h19,22-39,41-43H,2-3,5-18H2,1,4H3. The van der Waals surface area contributed by atoms with E-state index in [4.69, 9.17) is 42.6 Å². The van der Waals surface area contributed by atoms with Crippen LogP contribution in [0.5, 0.6) is 0 Å². The van der Waals surface area contributed by atoms with Gasteiger partial charge in [0, 0.05) is 38.7 Å². The SMILES string of the molecule is C=C1CC2CCC34CC5OC6C(OC7CCC(CC(O)CC8C(CC9OC(CCC1O2)CC(C)C9=C)OC(CC(O)CO)C8OC)OC7C6O3)C5O4. The van der Waals surface area contributed by atoms with E-state index in [9.17, 15) is 15.3 Å². The number of hydrogen-bond acceptors (Lipinski definition) is 12. The van der Waals surface area contributed by atoms with Gasteiger partial charge in [-0.15, -0.1) is 0 Å². The van der Waals surface area contributed by atoms with Crippen molar-refractivity contribution < 1.29 is 58.0 Å². The minimum absolute atomic E-state index is 0.0163. The fraction of sp³-hybridized carbons (Fsp3) is 0.900. The van der Waals surface area contributed by atoms with Crippen LogP contribution in [0.2, 0.25) is 0 Å². The molecule has 3 N–H and O–H groups in total. The number of hydrogen-bond donors (Lipinski definition) is 3. The van der Waals surface area contributed by atoms with Crippen molar-refractivity contribution in [2.75, 3.05) is 13.7 Å². The van der Waals surface area contributed by atoms with Crippen molar-refractivity contribution in [1.82, 2.24) is 0 Å². The summed E-state index contributed by atoms with van der Waals surface area (Å²) in [5, 5.41) is 31.9. The van der Waals surface area contributed by atoms with Gasteiger partial charge in [-0.25, -0.2) is 0 Å². The molecule has 52 heavy (non-hydrogen) atoms. The van der Waals surface area contributed by atoms with Gasteiger partial charge in [-0.05, 0) is 74.9 Å². The van der Waals surface area contributed by atoms with Crippen LogP contribution in [0.25, 0.3) is 0 Å². The van der Waals surface area contributed by atoms with E-state index in [0.29, 0.717) is 32.1 Å². The molecule has 20 atom stereocenters. The molecular weight excluding hydrogens is 672 g/mol. The van der Waals surface area contributed by atoms with Crippen molar-refractivity contribution in [3.8, 4) is 0 Å². The second-order valence-corrected chi connectivity index (χ2v) is 17.6. The van der Waals surface area contributed by atoms with E-state index in [1.165, 1.54) is 0 Å². The van der Waals surface area contributed by atoms with Crippen molar-refractivity contribution in [3.63, 3.8) is 0 Å². The normalized spacial score (nSPS) is 53.8. The maximum Gasteiger partial charge on any atom is 0.172 e. The van der Waals surface area contributed by atoms with Crippen molar-refractivity contribution in [3.05, 3.63) is 24.3 Å². The number of ether oxygens (including phenoxy) is 9. The first-order valence-electron chi connectivity index (χ1n) is 20.2. The molecule has 12 bridgehead atoms. The zero-order valence-corrected chi connectivity index (χ0v) is 30.8. The molecule has 10 saturated heterocycles. The molecule has 12 nitrogen and oxygen atoms in total. The molecule has 10 aliphatic heterocycles. The van der Waals surface area contributed by atoms with Gasteiger partial charge < -0.3 is 58.0 Å². The quantitative estimate of drug-likeness (QED) is 0.365. The Bertz CT molecular complexity index is 1330. The number of fused-ring (bicyclic) bond motifs is 6. The molecule has 10 fully saturated rings. The zero-order valence-electron chi connectivity index (χ0n) is 30.8. The Morgan fingerprint density at radius 2 is 1.52 bits per heavy atom. The number of aliphatic hydroxyl groups is 3. The summed E-state index contributed by atoms with van der Waals surface area (Å²) >= 11 is 0. The zero-order chi connectivity index (χ0) is 35.9. The molecule has 0 amide bonds. The third kappa shape index (κ3) is 6.68. The monoisotopic (exact) mass is 732 g/mol. The molecule has 10 aliphatic rings. The van der Waals surface area contributed by atoms with Gasteiger partial charge >= 0.3 is 0 Å². The predicted molar refractivity (Wildman–Crippen MR) is 185 cm³/mol. The van der Waals surface area contributed by atoms with Crippen LogP contribution in [0.4, 0.5) is 0 Å². The van der Waals surface area contributed by atoms with E-state index in [0.717, 1.165) is 56.1 Å². The molecule has 1 spiro atoms. The van der Waals surface area contributed by atoms with Gasteiger partial charge in [0.25, 0.3) is 0 Å². The van der Waals surface area contributed by atoms with E-state index in [1.54, 1.807) is 7.11 Å². The lowest BCUT2D eigenvalue weighted by molar-refractivity contribution is -0.294. The molecule has 0 aromatic carbocycles. The maximum absolute atomic E-state index is 11.8. The fourth-order valence-corrected chi connectivity index (χ4v) is 11.4. The van der Waals surface area contributed by atoms with Crippen LogP contribution in [0.15, 0.2) is 24.3 Å². The largest absolute Gasteiger partial charge is 0.394 e. The van der Waals surface area contributed by atoms with Gasteiger partial charge in [-0.1, -0.05) is 20.1 Å². The minimum Gasteiger partial charge on any atom is -0.394 e. The van der Waals surface area contributed by atoms with Crippen LogP contribution >= 0.6 is 0 Å². The first-order valence-corrected chi connectivity index (χ1v) is 20.2. The molecule has 10 rings (SSSR count). The summed E-state index contributed by atoms with van der Waals surface area (Å²) < 4.78 is 60.1. The van der Waals surface area contributed by atoms with E-state index < -0.39 is 24.1 Å². The summed E-state index contributed by atoms with van der Waals surface area (Å²) in [6, 6.07) is 0. The van der Waals surface area contributed by atoms with Crippen LogP contribution in [-0.4, -0.2) is 139 Å². The highest BCUT2D eigenvalue weighted by molar-refractivity contribution is 5.15. The minimum atomic E-state index is -0.929. The Morgan fingerprint density at radius 3 is 2.35 bits per heavy atom. The molecule has 0 saturated carbocycles. The molecule has 0 radical (unpaired) electrons. The topological polar surface area (TPSA) is 144 Å². The Kier molecular flexibility index (Phi) is 10.2. The van der Waals surface area contributed by atoms with Gasteiger partial charge in [0.15, 0.2) is 5.79 Å². The van der Waals surface area contributed by atoms with Crippen LogP contribution in [0, 0.1) is 11.8 Å². The van der Waals surface area contributed by atoms with Gasteiger partial charge in [-0.3, -0.25) is 0 Å². The third-order valence-corrected chi connectivity index (χ3v) is 14.1. The average molecular weight is 733 g/mol. The van der Waals surface area contributed by atoms with Crippen LogP contribution in [0.3, 0.4) is 0 Å². The highest BCUT2D eigenvalue weighted by Crippen LogP contribution is 2.54. The molecular formula is C40H60O12. The second kappa shape index (κ2) is 14.5. The second-order valence-electron chi connectivity index (χ2n) is 17.6. The highest BCUT2D eigenvalue weighted by Gasteiger charge is 2.68. The van der Waals surface area contributed by atoms with Crippen molar-refractivity contribution >= 4 is 0 Å². The summed E-state index contributed by atoms with van der Waals surface area (Å²) in [7, 11) is 1.66. The molecule has 0 aromatic heterocycles. The lowest BCUT2D eigenvalue weighted by atomic mass is 9.81. The summed E-state index contributed by atoms with van der Waals surface area (Å²) in [6.07, 6.45) is 4.50. The lowest BCUT2D eigenvalue weighted by Gasteiger charge is -2.47. The smallest absolute Gasteiger partial charge is 0.172 e. The van der Waals surface area contributed by atoms with Crippen LogP contribution < -0.4 is 0 Å². The maximum atomic E-state index is 11.8. The summed E-state index contributed by atoms with van der Waals surface area (Å²) in [6.45, 7) is 10.8. The van der Waals surface area contributed by atoms with Crippen molar-refractivity contribution in [2.45, 2.75) is 200 Å². The van der Waals surface area contributed by atoms with Crippen molar-refractivity contribution in [1.29, 1.82) is 0 Å². The number of rotatable bonds is 4. The Hall–Kier alpha value is -1.00. The van der Waals surface area contributed by atoms with Crippen molar-refractivity contribution in [2.24, 2.45) is 11.8 Å². The van der Waals surface area contributed by atoms with Gasteiger partial charge in [0.1, 0.15) is 30.5 Å². The lowest BCUT2D eigenvalue weighted by Crippen LogP contribution is -2.61. The predicted octanol–water partition coefficient (Wildman–Crippen LogP) is 3.26. The molecule has 20 unspecified atom stereocenters. The van der Waals surface area contributed by atoms with E-state index in [1.807, 2.05) is 0 Å². The first-order chi connectivity index (χ1) is 25.1. The fourth-order valence-electron chi connectivity index (χ4n) is 11.4. The van der Waals surface area contributed by atoms with Gasteiger partial charge in [-0.2, -0.15) is 0 Å². The molecule has 10 heterocycles. The third-order valence-electron chi connectivity index (χ3n) is 14.1. The molecule has 292 valence electrons. The first kappa shape index (κ1) is 36.6. The molecule has 0 aliphatic carbocycles. The Labute approximate surface area is 307 Å². The van der Waals surface area contributed by atoms with Crippen LogP contribution in [0.1, 0.15) is 90.4 Å².